The summed E-state index contributed by atoms with van der Waals surface area (Å²) in [6, 6.07) is 21.5. The number of ether oxygens (including phenoxy) is 1. The van der Waals surface area contributed by atoms with Crippen molar-refractivity contribution >= 4 is 11.6 Å². The van der Waals surface area contributed by atoms with Gasteiger partial charge in [0.2, 0.25) is 5.91 Å². The van der Waals surface area contributed by atoms with E-state index in [4.69, 9.17) is 4.74 Å². The molecule has 0 atom stereocenters. The zero-order chi connectivity index (χ0) is 20.4. The van der Waals surface area contributed by atoms with Crippen LogP contribution in [0.1, 0.15) is 54.4 Å². The molecule has 3 aromatic carbocycles. The second-order valence-corrected chi connectivity index (χ2v) is 7.68. The molecule has 0 saturated heterocycles. The highest BCUT2D eigenvalue weighted by atomic mass is 16.5. The minimum Gasteiger partial charge on any atom is -0.457 e. The molecule has 1 heterocycles. The van der Waals surface area contributed by atoms with Crippen LogP contribution in [0.15, 0.2) is 66.7 Å². The average molecular weight is 387 g/mol. The van der Waals surface area contributed by atoms with Gasteiger partial charge in [0, 0.05) is 34.7 Å². The van der Waals surface area contributed by atoms with E-state index in [0.717, 1.165) is 39.4 Å². The van der Waals surface area contributed by atoms with Crippen molar-refractivity contribution in [2.75, 3.05) is 5.32 Å². The minimum absolute atomic E-state index is 0.0793. The Morgan fingerprint density at radius 1 is 0.966 bits per heavy atom. The van der Waals surface area contributed by atoms with Crippen LogP contribution in [0.4, 0.5) is 5.69 Å². The summed E-state index contributed by atoms with van der Waals surface area (Å²) in [4.78, 5) is 13.1. The van der Waals surface area contributed by atoms with Gasteiger partial charge in [-0.15, -0.1) is 0 Å². The largest absolute Gasteiger partial charge is 0.457 e. The van der Waals surface area contributed by atoms with E-state index in [0.29, 0.717) is 6.42 Å². The second kappa shape index (κ2) is 8.10. The number of nitrogens with one attached hydrogen (secondary N) is 1. The van der Waals surface area contributed by atoms with Crippen molar-refractivity contribution in [2.24, 2.45) is 0 Å². The molecule has 0 bridgehead atoms. The van der Waals surface area contributed by atoms with Crippen LogP contribution < -0.4 is 10.1 Å². The first-order chi connectivity index (χ1) is 14.1. The van der Waals surface area contributed by atoms with Crippen LogP contribution in [0.3, 0.4) is 0 Å². The molecule has 1 aliphatic heterocycles. The highest BCUT2D eigenvalue weighted by Gasteiger charge is 2.29. The molecule has 0 unspecified atom stereocenters. The molecule has 1 amide bonds. The fraction of sp³-hybridized carbons (Fsp3) is 0.240. The molecule has 0 spiro atoms. The maximum absolute atomic E-state index is 13.1. The maximum atomic E-state index is 13.1. The Hall–Kier alpha value is -3.11. The van der Waals surface area contributed by atoms with Crippen molar-refractivity contribution < 1.29 is 14.6 Å². The van der Waals surface area contributed by atoms with E-state index in [1.54, 1.807) is 0 Å². The van der Waals surface area contributed by atoms with Crippen molar-refractivity contribution in [3.63, 3.8) is 0 Å². The molecular weight excluding hydrogens is 362 g/mol. The maximum Gasteiger partial charge on any atom is 0.225 e. The third-order valence-corrected chi connectivity index (χ3v) is 5.44. The summed E-state index contributed by atoms with van der Waals surface area (Å²) in [5.41, 5.74) is 4.51. The van der Waals surface area contributed by atoms with Crippen molar-refractivity contribution in [2.45, 2.75) is 38.7 Å². The lowest BCUT2D eigenvalue weighted by molar-refractivity contribution is -0.116. The Balaban J connectivity index is 1.65. The molecule has 1 aliphatic rings. The van der Waals surface area contributed by atoms with Crippen molar-refractivity contribution in [1.82, 2.24) is 0 Å². The van der Waals surface area contributed by atoms with Gasteiger partial charge < -0.3 is 15.2 Å². The zero-order valence-electron chi connectivity index (χ0n) is 16.7. The summed E-state index contributed by atoms with van der Waals surface area (Å²) in [6.45, 7) is 4.05. The standard InChI is InChI=1S/C25H25NO3/c1-16(2)18-11-7-8-17(15-27)25(18)26-24(28)14-21-19-9-3-5-12-22(19)29-23-13-6-4-10-20(21)23/h3-13,16,21,27H,14-15H2,1-2H3,(H,26,28). The summed E-state index contributed by atoms with van der Waals surface area (Å²) in [7, 11) is 0. The Kier molecular flexibility index (Phi) is 5.36. The zero-order valence-corrected chi connectivity index (χ0v) is 16.7. The van der Waals surface area contributed by atoms with Crippen LogP contribution in [-0.4, -0.2) is 11.0 Å². The summed E-state index contributed by atoms with van der Waals surface area (Å²) in [5.74, 6) is 1.66. The third-order valence-electron chi connectivity index (χ3n) is 5.44. The number of benzene rings is 3. The molecule has 4 rings (SSSR count). The normalized spacial score (nSPS) is 12.8. The number of para-hydroxylation sites is 3. The molecule has 4 heteroatoms. The molecule has 4 nitrogen and oxygen atoms in total. The van der Waals surface area contributed by atoms with Crippen LogP contribution in [0.2, 0.25) is 0 Å². The monoisotopic (exact) mass is 387 g/mol. The number of amides is 1. The topological polar surface area (TPSA) is 58.6 Å². The van der Waals surface area contributed by atoms with E-state index in [1.165, 1.54) is 0 Å². The SMILES string of the molecule is CC(C)c1cccc(CO)c1NC(=O)CC1c2ccccc2Oc2ccccc21. The van der Waals surface area contributed by atoms with Crippen LogP contribution in [-0.2, 0) is 11.4 Å². The van der Waals surface area contributed by atoms with Gasteiger partial charge in [0.15, 0.2) is 0 Å². The van der Waals surface area contributed by atoms with Gasteiger partial charge in [0.25, 0.3) is 0 Å². The Morgan fingerprint density at radius 3 is 2.17 bits per heavy atom. The summed E-state index contributed by atoms with van der Waals surface area (Å²) in [6.07, 6.45) is 0.300. The molecule has 2 N–H and O–H groups in total. The predicted octanol–water partition coefficient (Wildman–Crippen LogP) is 5.57. The lowest BCUT2D eigenvalue weighted by Gasteiger charge is -2.28. The third kappa shape index (κ3) is 3.76. The van der Waals surface area contributed by atoms with Crippen LogP contribution in [0.25, 0.3) is 0 Å². The van der Waals surface area contributed by atoms with Gasteiger partial charge in [-0.25, -0.2) is 0 Å². The van der Waals surface area contributed by atoms with E-state index >= 15 is 0 Å². The van der Waals surface area contributed by atoms with Gasteiger partial charge in [0.05, 0.1) is 6.61 Å². The van der Waals surface area contributed by atoms with E-state index in [1.807, 2.05) is 66.7 Å². The number of aliphatic hydroxyl groups is 1. The highest BCUT2D eigenvalue weighted by Crippen LogP contribution is 2.45. The van der Waals surface area contributed by atoms with E-state index < -0.39 is 0 Å². The van der Waals surface area contributed by atoms with Crippen LogP contribution in [0, 0.1) is 0 Å². The van der Waals surface area contributed by atoms with Gasteiger partial charge in [-0.05, 0) is 23.6 Å². The first-order valence-corrected chi connectivity index (χ1v) is 9.96. The molecule has 0 radical (unpaired) electrons. The number of hydrogen-bond donors (Lipinski definition) is 2. The Labute approximate surface area is 171 Å². The number of carbonyl (C=O) groups excluding carboxylic acids is 1. The molecule has 0 saturated carbocycles. The number of rotatable bonds is 5. The van der Waals surface area contributed by atoms with Crippen molar-refractivity contribution in [3.05, 3.63) is 89.0 Å². The van der Waals surface area contributed by atoms with Crippen LogP contribution in [0.5, 0.6) is 11.5 Å². The lowest BCUT2D eigenvalue weighted by atomic mass is 9.85. The molecule has 148 valence electrons. The van der Waals surface area contributed by atoms with E-state index in [-0.39, 0.29) is 24.3 Å². The molecular formula is C25H25NO3. The van der Waals surface area contributed by atoms with Crippen molar-refractivity contribution in [3.8, 4) is 11.5 Å². The quantitative estimate of drug-likeness (QED) is 0.602. The molecule has 0 fully saturated rings. The number of anilines is 1. The van der Waals surface area contributed by atoms with E-state index in [9.17, 15) is 9.90 Å². The Bertz CT molecular complexity index is 996. The number of fused-ring (bicyclic) bond motifs is 2. The first kappa shape index (κ1) is 19.2. The van der Waals surface area contributed by atoms with Crippen molar-refractivity contribution in [1.29, 1.82) is 0 Å². The summed E-state index contributed by atoms with van der Waals surface area (Å²) in [5, 5.41) is 12.8. The first-order valence-electron chi connectivity index (χ1n) is 9.96. The lowest BCUT2D eigenvalue weighted by Crippen LogP contribution is -2.20. The summed E-state index contributed by atoms with van der Waals surface area (Å²) < 4.78 is 6.03. The average Bonchev–Trinajstić information content (AvgIpc) is 2.73. The molecule has 3 aromatic rings. The van der Waals surface area contributed by atoms with Gasteiger partial charge in [0.1, 0.15) is 11.5 Å². The smallest absolute Gasteiger partial charge is 0.225 e. The van der Waals surface area contributed by atoms with Crippen LogP contribution >= 0.6 is 0 Å². The number of carbonyl (C=O) groups is 1. The van der Waals surface area contributed by atoms with Gasteiger partial charge in [-0.2, -0.15) is 0 Å². The fourth-order valence-electron chi connectivity index (χ4n) is 3.99. The molecule has 29 heavy (non-hydrogen) atoms. The highest BCUT2D eigenvalue weighted by molar-refractivity contribution is 5.93. The number of hydrogen-bond acceptors (Lipinski definition) is 3. The van der Waals surface area contributed by atoms with E-state index in [2.05, 4.69) is 19.2 Å². The van der Waals surface area contributed by atoms with Gasteiger partial charge in [-0.1, -0.05) is 68.4 Å². The summed E-state index contributed by atoms with van der Waals surface area (Å²) >= 11 is 0. The van der Waals surface area contributed by atoms with Gasteiger partial charge >= 0.3 is 0 Å². The fourth-order valence-corrected chi connectivity index (χ4v) is 3.99. The van der Waals surface area contributed by atoms with Gasteiger partial charge in [-0.3, -0.25) is 4.79 Å². The minimum atomic E-state index is -0.112. The number of aliphatic hydroxyl groups excluding tert-OH is 1. The second-order valence-electron chi connectivity index (χ2n) is 7.68. The molecule has 0 aromatic heterocycles. The molecule has 0 aliphatic carbocycles. The Morgan fingerprint density at radius 2 is 1.59 bits per heavy atom. The predicted molar refractivity (Wildman–Crippen MR) is 115 cm³/mol.